The second kappa shape index (κ2) is 9.10. The lowest BCUT2D eigenvalue weighted by molar-refractivity contribution is 0.0854. The molecular weight excluding hydrogens is 422 g/mol. The van der Waals surface area contributed by atoms with Crippen LogP contribution >= 0.6 is 22.9 Å². The molecule has 0 bridgehead atoms. The number of amides is 2. The number of nitrogens with one attached hydrogen (secondary N) is 1. The van der Waals surface area contributed by atoms with Crippen LogP contribution in [0.1, 0.15) is 35.8 Å². The third kappa shape index (κ3) is 4.47. The highest BCUT2D eigenvalue weighted by molar-refractivity contribution is 7.17. The van der Waals surface area contributed by atoms with E-state index in [2.05, 4.69) is 9.88 Å². The molecule has 6 nitrogen and oxygen atoms in total. The lowest BCUT2D eigenvalue weighted by atomic mass is 10.1. The molecular formula is C22H24ClN3O3S. The predicted octanol–water partition coefficient (Wildman–Crippen LogP) is 4.76. The summed E-state index contributed by atoms with van der Waals surface area (Å²) in [6.45, 7) is 3.95. The van der Waals surface area contributed by atoms with Crippen LogP contribution < -0.4 is 5.32 Å². The van der Waals surface area contributed by atoms with Crippen LogP contribution in [-0.2, 0) is 11.3 Å². The van der Waals surface area contributed by atoms with E-state index >= 15 is 0 Å². The normalized spacial score (nSPS) is 14.8. The van der Waals surface area contributed by atoms with Gasteiger partial charge in [-0.05, 0) is 55.0 Å². The van der Waals surface area contributed by atoms with Gasteiger partial charge in [0.2, 0.25) is 0 Å². The number of ether oxygens (including phenoxy) is 1. The Morgan fingerprint density at radius 1 is 1.20 bits per heavy atom. The second-order valence-corrected chi connectivity index (χ2v) is 8.73. The zero-order valence-electron chi connectivity index (χ0n) is 16.8. The third-order valence-corrected chi connectivity index (χ3v) is 6.47. The van der Waals surface area contributed by atoms with Gasteiger partial charge >= 0.3 is 6.09 Å². The summed E-state index contributed by atoms with van der Waals surface area (Å²) in [5.41, 5.74) is 2.79. The molecule has 8 heteroatoms. The molecule has 0 spiro atoms. The first kappa shape index (κ1) is 20.8. The average Bonchev–Trinajstić information content (AvgIpc) is 3.33. The summed E-state index contributed by atoms with van der Waals surface area (Å²) in [4.78, 5) is 26.7. The first-order valence-corrected chi connectivity index (χ1v) is 11.3. The largest absolute Gasteiger partial charge is 0.450 e. The Hall–Kier alpha value is -2.51. The minimum Gasteiger partial charge on any atom is -0.450 e. The number of thiophene rings is 1. The second-order valence-electron chi connectivity index (χ2n) is 7.35. The third-order valence-electron chi connectivity index (χ3n) is 5.37. The van der Waals surface area contributed by atoms with Crippen molar-refractivity contribution >= 4 is 45.2 Å². The van der Waals surface area contributed by atoms with Gasteiger partial charge in [0.25, 0.3) is 5.91 Å². The maximum absolute atomic E-state index is 13.1. The van der Waals surface area contributed by atoms with Crippen molar-refractivity contribution in [2.45, 2.75) is 32.4 Å². The Balaban J connectivity index is 1.46. The van der Waals surface area contributed by atoms with E-state index in [0.29, 0.717) is 37.0 Å². The number of aromatic nitrogens is 1. The fraction of sp³-hybridized carbons (Fsp3) is 0.364. The number of piperidine rings is 1. The Bertz CT molecular complexity index is 1040. The quantitative estimate of drug-likeness (QED) is 0.616. The Labute approximate surface area is 184 Å². The van der Waals surface area contributed by atoms with Gasteiger partial charge in [-0.15, -0.1) is 11.3 Å². The van der Waals surface area contributed by atoms with Gasteiger partial charge in [0, 0.05) is 30.7 Å². The molecule has 158 valence electrons. The molecule has 4 rings (SSSR count). The molecule has 0 radical (unpaired) electrons. The smallest absolute Gasteiger partial charge is 0.409 e. The van der Waals surface area contributed by atoms with E-state index in [4.69, 9.17) is 16.3 Å². The molecule has 0 atom stereocenters. The van der Waals surface area contributed by atoms with Crippen molar-refractivity contribution in [3.8, 4) is 0 Å². The van der Waals surface area contributed by atoms with Crippen LogP contribution in [0.5, 0.6) is 0 Å². The fourth-order valence-electron chi connectivity index (χ4n) is 3.79. The summed E-state index contributed by atoms with van der Waals surface area (Å²) in [5.74, 6) is -0.0815. The van der Waals surface area contributed by atoms with Gasteiger partial charge in [-0.2, -0.15) is 0 Å². The Kier molecular flexibility index (Phi) is 6.29. The minimum atomic E-state index is -0.278. The maximum Gasteiger partial charge on any atom is 0.409 e. The van der Waals surface area contributed by atoms with Crippen molar-refractivity contribution in [1.29, 1.82) is 0 Å². The Morgan fingerprint density at radius 2 is 1.93 bits per heavy atom. The summed E-state index contributed by atoms with van der Waals surface area (Å²) < 4.78 is 8.20. The van der Waals surface area contributed by atoms with Crippen LogP contribution in [0.15, 0.2) is 41.8 Å². The van der Waals surface area contributed by atoms with Crippen LogP contribution in [0.3, 0.4) is 0 Å². The number of halogens is 1. The van der Waals surface area contributed by atoms with E-state index in [-0.39, 0.29) is 18.0 Å². The van der Waals surface area contributed by atoms with Gasteiger partial charge < -0.3 is 19.5 Å². The molecule has 1 saturated heterocycles. The van der Waals surface area contributed by atoms with Crippen molar-refractivity contribution < 1.29 is 14.3 Å². The molecule has 2 aromatic heterocycles. The molecule has 3 heterocycles. The van der Waals surface area contributed by atoms with Gasteiger partial charge in [0.05, 0.1) is 16.8 Å². The van der Waals surface area contributed by atoms with E-state index in [0.717, 1.165) is 28.6 Å². The summed E-state index contributed by atoms with van der Waals surface area (Å²) in [6, 6.07) is 11.7. The van der Waals surface area contributed by atoms with Crippen LogP contribution in [-0.4, -0.2) is 47.2 Å². The van der Waals surface area contributed by atoms with E-state index in [1.54, 1.807) is 23.2 Å². The van der Waals surface area contributed by atoms with E-state index in [9.17, 15) is 9.59 Å². The number of likely N-dealkylation sites (tertiary alicyclic amines) is 1. The standard InChI is InChI=1S/C22H24ClN3O3S/c1-2-29-22(28)25-10-7-17(8-11-25)24-21(27)19-13-20-18(9-12-30-20)26(19)14-15-3-5-16(23)6-4-15/h3-6,9,12-13,17H,2,7-8,10-11,14H2,1H3,(H,24,27). The van der Waals surface area contributed by atoms with Crippen molar-refractivity contribution in [3.63, 3.8) is 0 Å². The number of rotatable bonds is 5. The number of hydrogen-bond donors (Lipinski definition) is 1. The number of carbonyl (C=O) groups is 2. The van der Waals surface area contributed by atoms with Crippen molar-refractivity contribution in [1.82, 2.24) is 14.8 Å². The molecule has 0 unspecified atom stereocenters. The van der Waals surface area contributed by atoms with Crippen molar-refractivity contribution in [2.75, 3.05) is 19.7 Å². The number of benzene rings is 1. The van der Waals surface area contributed by atoms with E-state index < -0.39 is 0 Å². The number of fused-ring (bicyclic) bond motifs is 1. The number of carbonyl (C=O) groups excluding carboxylic acids is 2. The average molecular weight is 446 g/mol. The van der Waals surface area contributed by atoms with E-state index in [1.807, 2.05) is 41.8 Å². The molecule has 3 aromatic rings. The zero-order chi connectivity index (χ0) is 21.1. The van der Waals surface area contributed by atoms with Gasteiger partial charge in [-0.25, -0.2) is 4.79 Å². The summed E-state index contributed by atoms with van der Waals surface area (Å²) in [7, 11) is 0. The first-order valence-electron chi connectivity index (χ1n) is 10.1. The van der Waals surface area contributed by atoms with Crippen LogP contribution in [0.4, 0.5) is 4.79 Å². The van der Waals surface area contributed by atoms with Crippen LogP contribution in [0.2, 0.25) is 5.02 Å². The first-order chi connectivity index (χ1) is 14.5. The van der Waals surface area contributed by atoms with Gasteiger partial charge in [0.15, 0.2) is 0 Å². The maximum atomic E-state index is 13.1. The van der Waals surface area contributed by atoms with Crippen LogP contribution in [0, 0.1) is 0 Å². The molecule has 1 aliphatic rings. The highest BCUT2D eigenvalue weighted by atomic mass is 35.5. The summed E-state index contributed by atoms with van der Waals surface area (Å²) in [5, 5.41) is 5.89. The lowest BCUT2D eigenvalue weighted by Crippen LogP contribution is -2.47. The zero-order valence-corrected chi connectivity index (χ0v) is 18.3. The molecule has 0 aliphatic carbocycles. The molecule has 30 heavy (non-hydrogen) atoms. The molecule has 0 saturated carbocycles. The SMILES string of the molecule is CCOC(=O)N1CCC(NC(=O)c2cc3sccc3n2Cc2ccc(Cl)cc2)CC1. The summed E-state index contributed by atoms with van der Waals surface area (Å²) >= 11 is 7.63. The molecule has 2 amide bonds. The van der Waals surface area contributed by atoms with Crippen molar-refractivity contribution in [3.05, 3.63) is 58.1 Å². The fourth-order valence-corrected chi connectivity index (χ4v) is 4.74. The number of hydrogen-bond acceptors (Lipinski definition) is 4. The lowest BCUT2D eigenvalue weighted by Gasteiger charge is -2.31. The highest BCUT2D eigenvalue weighted by Gasteiger charge is 2.26. The van der Waals surface area contributed by atoms with Gasteiger partial charge in [0.1, 0.15) is 5.69 Å². The highest BCUT2D eigenvalue weighted by Crippen LogP contribution is 2.27. The predicted molar refractivity (Wildman–Crippen MR) is 119 cm³/mol. The van der Waals surface area contributed by atoms with Crippen LogP contribution in [0.25, 0.3) is 10.2 Å². The Morgan fingerprint density at radius 3 is 2.63 bits per heavy atom. The molecule has 1 fully saturated rings. The monoisotopic (exact) mass is 445 g/mol. The number of nitrogens with zero attached hydrogens (tertiary/aromatic N) is 2. The van der Waals surface area contributed by atoms with Gasteiger partial charge in [-0.1, -0.05) is 23.7 Å². The molecule has 1 aliphatic heterocycles. The summed E-state index contributed by atoms with van der Waals surface area (Å²) in [6.07, 6.45) is 1.16. The minimum absolute atomic E-state index is 0.0418. The van der Waals surface area contributed by atoms with Crippen molar-refractivity contribution in [2.24, 2.45) is 0 Å². The van der Waals surface area contributed by atoms with Gasteiger partial charge in [-0.3, -0.25) is 4.79 Å². The molecule has 1 N–H and O–H groups in total. The van der Waals surface area contributed by atoms with E-state index in [1.165, 1.54) is 0 Å². The molecule has 1 aromatic carbocycles. The topological polar surface area (TPSA) is 63.6 Å².